The fourth-order valence-electron chi connectivity index (χ4n) is 5.73. The normalized spacial score (nSPS) is 30.6. The maximum atomic E-state index is 11.7. The standard InChI is InChI=1S/C25H52O24P4/c1-2-3-4-5-6-7-8-9-10-15(13-42-24-18(28)22(48-52(36,37)38)20(16(11-26)44-24)46-50(30,31)32)14-43-25-19(29)23(49-53(39,40)41)21(17(12-27)45-25)47-51(33,34)35/h15-29H,2-14H2,1H3,(H2,30,31,32)(H2,33,34,35)(H2,36,37,38)(H2,39,40,41)/t16-,17-,18-,19-,20+,21+,22-,23-,24-,25-/m1/s1. The minimum atomic E-state index is -5.45. The van der Waals surface area contributed by atoms with E-state index in [1.54, 1.807) is 0 Å². The first-order valence-electron chi connectivity index (χ1n) is 16.6. The third kappa shape index (κ3) is 18.5. The third-order valence-corrected chi connectivity index (χ3v) is 10.2. The molecule has 53 heavy (non-hydrogen) atoms. The molecule has 28 heteroatoms. The van der Waals surface area contributed by atoms with Crippen LogP contribution in [0.5, 0.6) is 0 Å². The molecule has 2 fully saturated rings. The van der Waals surface area contributed by atoms with E-state index in [4.69, 9.17) is 18.9 Å². The molecule has 0 spiro atoms. The monoisotopic (exact) mass is 860 g/mol. The van der Waals surface area contributed by atoms with Gasteiger partial charge in [0.05, 0.1) is 26.4 Å². The van der Waals surface area contributed by atoms with Gasteiger partial charge in [0.2, 0.25) is 0 Å². The second kappa shape index (κ2) is 22.3. The van der Waals surface area contributed by atoms with Crippen LogP contribution >= 0.6 is 31.3 Å². The highest BCUT2D eigenvalue weighted by Crippen LogP contribution is 2.48. The van der Waals surface area contributed by atoms with E-state index in [0.29, 0.717) is 12.8 Å². The van der Waals surface area contributed by atoms with Gasteiger partial charge in [-0.25, -0.2) is 18.3 Å². The van der Waals surface area contributed by atoms with E-state index in [1.807, 2.05) is 0 Å². The number of aliphatic hydroxyl groups is 4. The number of phosphoric acid groups is 4. The lowest BCUT2D eigenvalue weighted by Crippen LogP contribution is -2.61. The molecule has 0 amide bonds. The van der Waals surface area contributed by atoms with E-state index < -0.39 is 125 Å². The smallest absolute Gasteiger partial charge is 0.394 e. The second-order valence-electron chi connectivity index (χ2n) is 12.5. The van der Waals surface area contributed by atoms with Crippen molar-refractivity contribution in [2.24, 2.45) is 5.92 Å². The Morgan fingerprint density at radius 1 is 0.528 bits per heavy atom. The van der Waals surface area contributed by atoms with Crippen LogP contribution in [0.1, 0.15) is 64.7 Å². The van der Waals surface area contributed by atoms with Gasteiger partial charge in [0, 0.05) is 5.92 Å². The van der Waals surface area contributed by atoms with Crippen LogP contribution in [0.3, 0.4) is 0 Å². The average Bonchev–Trinajstić information content (AvgIpc) is 3.02. The number of aliphatic hydroxyl groups excluding tert-OH is 4. The van der Waals surface area contributed by atoms with Gasteiger partial charge < -0.3 is 78.5 Å². The fraction of sp³-hybridized carbons (Fsp3) is 1.00. The quantitative estimate of drug-likeness (QED) is 0.0396. The number of rotatable bonds is 25. The van der Waals surface area contributed by atoms with E-state index in [9.17, 15) is 77.8 Å². The van der Waals surface area contributed by atoms with Crippen LogP contribution in [0, 0.1) is 5.92 Å². The third-order valence-electron chi connectivity index (χ3n) is 8.08. The summed E-state index contributed by atoms with van der Waals surface area (Å²) >= 11 is 0. The van der Waals surface area contributed by atoms with Crippen molar-refractivity contribution in [3.8, 4) is 0 Å². The van der Waals surface area contributed by atoms with Crippen molar-refractivity contribution in [3.05, 3.63) is 0 Å². The van der Waals surface area contributed by atoms with E-state index in [1.165, 1.54) is 0 Å². The number of unbranched alkanes of at least 4 members (excludes halogenated alkanes) is 7. The molecule has 10 atom stereocenters. The molecule has 24 nitrogen and oxygen atoms in total. The van der Waals surface area contributed by atoms with Crippen LogP contribution in [-0.4, -0.2) is 147 Å². The Kier molecular flexibility index (Phi) is 20.7. The highest BCUT2D eigenvalue weighted by Gasteiger charge is 2.53. The molecule has 2 aliphatic rings. The molecular weight excluding hydrogens is 808 g/mol. The lowest BCUT2D eigenvalue weighted by Gasteiger charge is -2.44. The van der Waals surface area contributed by atoms with Gasteiger partial charge in [-0.15, -0.1) is 0 Å². The molecule has 316 valence electrons. The predicted molar refractivity (Wildman–Crippen MR) is 174 cm³/mol. The molecule has 0 bridgehead atoms. The van der Waals surface area contributed by atoms with Crippen LogP contribution in [0.25, 0.3) is 0 Å². The topological polar surface area (TPSA) is 385 Å². The number of ether oxygens (including phenoxy) is 4. The van der Waals surface area contributed by atoms with Crippen molar-refractivity contribution in [2.75, 3.05) is 26.4 Å². The molecule has 2 rings (SSSR count). The SMILES string of the molecule is CCCCCCCCCCC(CO[C@@H]1O[C@H](CO)[C@H](OP(=O)(O)O)[C@H](OP(=O)(O)O)[C@H]1O)CO[C@@H]1O[C@H](CO)[C@H](OP(=O)(O)O)[C@H](OP(=O)(O)O)[C@H]1O. The number of hydrogen-bond donors (Lipinski definition) is 12. The van der Waals surface area contributed by atoms with Gasteiger partial charge >= 0.3 is 31.3 Å². The summed E-state index contributed by atoms with van der Waals surface area (Å²) in [5, 5.41) is 41.4. The zero-order chi connectivity index (χ0) is 40.2. The Morgan fingerprint density at radius 2 is 0.849 bits per heavy atom. The van der Waals surface area contributed by atoms with E-state index >= 15 is 0 Å². The summed E-state index contributed by atoms with van der Waals surface area (Å²) in [6, 6.07) is 0. The zero-order valence-electron chi connectivity index (χ0n) is 28.6. The number of hydrogen-bond acceptors (Lipinski definition) is 16. The summed E-state index contributed by atoms with van der Waals surface area (Å²) < 4.78 is 86.7. The van der Waals surface area contributed by atoms with Crippen molar-refractivity contribution in [1.29, 1.82) is 0 Å². The van der Waals surface area contributed by atoms with Gasteiger partial charge in [-0.3, -0.25) is 18.1 Å². The van der Waals surface area contributed by atoms with E-state index in [2.05, 4.69) is 25.0 Å². The Balaban J connectivity index is 2.26. The maximum absolute atomic E-state index is 11.7. The van der Waals surface area contributed by atoms with Gasteiger partial charge in [0.25, 0.3) is 0 Å². The minimum absolute atomic E-state index is 0.312. The lowest BCUT2D eigenvalue weighted by atomic mass is 9.98. The first-order chi connectivity index (χ1) is 24.5. The molecule has 0 radical (unpaired) electrons. The van der Waals surface area contributed by atoms with Gasteiger partial charge in [0.15, 0.2) is 12.6 Å². The minimum Gasteiger partial charge on any atom is -0.394 e. The van der Waals surface area contributed by atoms with Gasteiger partial charge in [0.1, 0.15) is 48.8 Å². The second-order valence-corrected chi connectivity index (χ2v) is 17.2. The summed E-state index contributed by atoms with van der Waals surface area (Å²) in [6.45, 7) is -0.804. The first kappa shape index (κ1) is 49.3. The Labute approximate surface area is 304 Å². The molecule has 0 aliphatic carbocycles. The summed E-state index contributed by atoms with van der Waals surface area (Å²) in [5.41, 5.74) is 0. The van der Waals surface area contributed by atoms with Gasteiger partial charge in [-0.2, -0.15) is 0 Å². The van der Waals surface area contributed by atoms with Crippen molar-refractivity contribution in [1.82, 2.24) is 0 Å². The number of phosphoric ester groups is 4. The molecule has 2 saturated heterocycles. The van der Waals surface area contributed by atoms with E-state index in [-0.39, 0.29) is 0 Å². The molecule has 0 saturated carbocycles. The van der Waals surface area contributed by atoms with Crippen molar-refractivity contribution in [3.63, 3.8) is 0 Å². The summed E-state index contributed by atoms with van der Waals surface area (Å²) in [6.07, 6.45) is -12.4. The highest BCUT2D eigenvalue weighted by molar-refractivity contribution is 7.47. The Bertz CT molecular complexity index is 1170. The molecule has 2 heterocycles. The molecule has 0 aromatic carbocycles. The molecule has 12 N–H and O–H groups in total. The molecule has 0 unspecified atom stereocenters. The van der Waals surface area contributed by atoms with Crippen LogP contribution in [-0.2, 0) is 55.3 Å². The maximum Gasteiger partial charge on any atom is 0.470 e. The van der Waals surface area contributed by atoms with Crippen LogP contribution in [0.2, 0.25) is 0 Å². The summed E-state index contributed by atoms with van der Waals surface area (Å²) in [5.74, 6) is -0.711. The van der Waals surface area contributed by atoms with Crippen LogP contribution < -0.4 is 0 Å². The first-order valence-corrected chi connectivity index (χ1v) is 22.7. The van der Waals surface area contributed by atoms with Crippen molar-refractivity contribution < 1.29 is 115 Å². The fourth-order valence-corrected chi connectivity index (χ4v) is 8.00. The Morgan fingerprint density at radius 3 is 1.17 bits per heavy atom. The predicted octanol–water partition coefficient (Wildman–Crippen LogP) is -0.766. The molecule has 2 aliphatic heterocycles. The average molecular weight is 861 g/mol. The van der Waals surface area contributed by atoms with E-state index in [0.717, 1.165) is 44.9 Å². The molecular formula is C25H52O24P4. The molecule has 0 aromatic heterocycles. The zero-order valence-corrected chi connectivity index (χ0v) is 32.2. The van der Waals surface area contributed by atoms with Crippen molar-refractivity contribution in [2.45, 2.75) is 126 Å². The summed E-state index contributed by atoms with van der Waals surface area (Å²) in [4.78, 5) is 74.8. The highest BCUT2D eigenvalue weighted by atomic mass is 31.2. The van der Waals surface area contributed by atoms with Gasteiger partial charge in [-0.1, -0.05) is 58.3 Å². The van der Waals surface area contributed by atoms with Gasteiger partial charge in [-0.05, 0) is 6.42 Å². The largest absolute Gasteiger partial charge is 0.470 e. The van der Waals surface area contributed by atoms with Crippen molar-refractivity contribution >= 4 is 31.3 Å². The Hall–Kier alpha value is 0.120. The summed E-state index contributed by atoms with van der Waals surface area (Å²) in [7, 11) is -21.7. The van der Waals surface area contributed by atoms with Crippen LogP contribution in [0.4, 0.5) is 0 Å². The lowest BCUT2D eigenvalue weighted by molar-refractivity contribution is -0.307. The van der Waals surface area contributed by atoms with Crippen LogP contribution in [0.15, 0.2) is 0 Å². The molecule has 0 aromatic rings.